The first-order chi connectivity index (χ1) is 13.0. The molecular weight excluding hydrogens is 340 g/mol. The highest BCUT2D eigenvalue weighted by Gasteiger charge is 2.41. The summed E-state index contributed by atoms with van der Waals surface area (Å²) >= 11 is 0. The molecule has 1 aliphatic rings. The van der Waals surface area contributed by atoms with Gasteiger partial charge in [0.25, 0.3) is 0 Å². The third-order valence-electron chi connectivity index (χ3n) is 4.64. The highest BCUT2D eigenvalue weighted by atomic mass is 16.5. The standard InChI is InChI=1S/C22H24N2O3/c1-4-27-22(26)18-19(16-12-10-15(11-13-16)14(2)3)23-20(24-21(18)25)17-8-6-5-7-9-17/h5-14,18-19H,4H2,1-3H3,(H,23,24,25)/t18-,19+/m1/s1. The van der Waals surface area contributed by atoms with Gasteiger partial charge < -0.3 is 10.1 Å². The number of amidine groups is 1. The number of amides is 1. The molecule has 0 aliphatic carbocycles. The Hall–Kier alpha value is -2.95. The Morgan fingerprint density at radius 1 is 1.11 bits per heavy atom. The van der Waals surface area contributed by atoms with Crippen molar-refractivity contribution in [2.45, 2.75) is 32.7 Å². The van der Waals surface area contributed by atoms with Gasteiger partial charge >= 0.3 is 5.97 Å². The summed E-state index contributed by atoms with van der Waals surface area (Å²) in [6, 6.07) is 16.7. The van der Waals surface area contributed by atoms with Crippen LogP contribution >= 0.6 is 0 Å². The third-order valence-corrected chi connectivity index (χ3v) is 4.64. The molecule has 0 unspecified atom stereocenters. The predicted octanol–water partition coefficient (Wildman–Crippen LogP) is 3.61. The number of carbonyl (C=O) groups excluding carboxylic acids is 2. The van der Waals surface area contributed by atoms with Crippen LogP contribution in [-0.2, 0) is 14.3 Å². The van der Waals surface area contributed by atoms with Crippen molar-refractivity contribution in [1.82, 2.24) is 5.32 Å². The van der Waals surface area contributed by atoms with E-state index in [4.69, 9.17) is 9.73 Å². The zero-order valence-corrected chi connectivity index (χ0v) is 15.8. The van der Waals surface area contributed by atoms with Gasteiger partial charge in [0.15, 0.2) is 5.92 Å². The van der Waals surface area contributed by atoms with Gasteiger partial charge in [-0.2, -0.15) is 0 Å². The highest BCUT2D eigenvalue weighted by Crippen LogP contribution is 2.32. The van der Waals surface area contributed by atoms with E-state index in [-0.39, 0.29) is 12.5 Å². The van der Waals surface area contributed by atoms with Crippen molar-refractivity contribution in [3.63, 3.8) is 0 Å². The average Bonchev–Trinajstić information content (AvgIpc) is 2.68. The molecule has 0 fully saturated rings. The third kappa shape index (κ3) is 4.08. The van der Waals surface area contributed by atoms with Crippen molar-refractivity contribution < 1.29 is 14.3 Å². The van der Waals surface area contributed by atoms with Crippen LogP contribution in [0, 0.1) is 5.92 Å². The lowest BCUT2D eigenvalue weighted by Crippen LogP contribution is -2.47. The number of rotatable bonds is 5. The highest BCUT2D eigenvalue weighted by molar-refractivity contribution is 6.14. The molecule has 1 heterocycles. The monoisotopic (exact) mass is 364 g/mol. The second kappa shape index (κ2) is 8.16. The van der Waals surface area contributed by atoms with Crippen LogP contribution in [0.4, 0.5) is 0 Å². The Labute approximate surface area is 159 Å². The van der Waals surface area contributed by atoms with Crippen molar-refractivity contribution >= 4 is 17.7 Å². The van der Waals surface area contributed by atoms with Crippen LogP contribution in [-0.4, -0.2) is 24.3 Å². The summed E-state index contributed by atoms with van der Waals surface area (Å²) in [4.78, 5) is 29.9. The molecule has 0 spiro atoms. The van der Waals surface area contributed by atoms with E-state index < -0.39 is 17.9 Å². The first-order valence-electron chi connectivity index (χ1n) is 9.21. The number of esters is 1. The van der Waals surface area contributed by atoms with Crippen LogP contribution in [0.2, 0.25) is 0 Å². The second-order valence-corrected chi connectivity index (χ2v) is 6.83. The van der Waals surface area contributed by atoms with Crippen LogP contribution in [0.5, 0.6) is 0 Å². The van der Waals surface area contributed by atoms with E-state index in [2.05, 4.69) is 19.2 Å². The molecule has 2 aromatic carbocycles. The van der Waals surface area contributed by atoms with E-state index in [0.29, 0.717) is 11.8 Å². The lowest BCUT2D eigenvalue weighted by Gasteiger charge is -2.28. The molecule has 140 valence electrons. The lowest BCUT2D eigenvalue weighted by molar-refractivity contribution is -0.153. The minimum Gasteiger partial charge on any atom is -0.465 e. The molecule has 2 atom stereocenters. The number of aliphatic imine (C=N–C) groups is 1. The van der Waals surface area contributed by atoms with Crippen LogP contribution in [0.3, 0.4) is 0 Å². The van der Waals surface area contributed by atoms with Gasteiger partial charge in [-0.3, -0.25) is 14.6 Å². The quantitative estimate of drug-likeness (QED) is 0.651. The van der Waals surface area contributed by atoms with Gasteiger partial charge in [-0.25, -0.2) is 0 Å². The van der Waals surface area contributed by atoms with Crippen molar-refractivity contribution in [2.75, 3.05) is 6.61 Å². The summed E-state index contributed by atoms with van der Waals surface area (Å²) in [5.41, 5.74) is 2.82. The molecule has 5 heteroatoms. The molecule has 1 N–H and O–H groups in total. The summed E-state index contributed by atoms with van der Waals surface area (Å²) in [5.74, 6) is -1.07. The molecule has 5 nitrogen and oxygen atoms in total. The largest absolute Gasteiger partial charge is 0.465 e. The fraction of sp³-hybridized carbons (Fsp3) is 0.318. The van der Waals surface area contributed by atoms with Gasteiger partial charge in [0.1, 0.15) is 5.84 Å². The van der Waals surface area contributed by atoms with Crippen molar-refractivity contribution in [2.24, 2.45) is 10.9 Å². The predicted molar refractivity (Wildman–Crippen MR) is 105 cm³/mol. The van der Waals surface area contributed by atoms with E-state index in [9.17, 15) is 9.59 Å². The first kappa shape index (κ1) is 18.8. The van der Waals surface area contributed by atoms with Gasteiger partial charge in [-0.15, -0.1) is 0 Å². The van der Waals surface area contributed by atoms with Crippen LogP contribution < -0.4 is 5.32 Å². The first-order valence-corrected chi connectivity index (χ1v) is 9.21. The maximum atomic E-state index is 12.8. The van der Waals surface area contributed by atoms with Gasteiger partial charge in [-0.05, 0) is 24.0 Å². The Bertz CT molecular complexity index is 842. The zero-order valence-electron chi connectivity index (χ0n) is 15.8. The Morgan fingerprint density at radius 3 is 2.37 bits per heavy atom. The van der Waals surface area contributed by atoms with E-state index in [1.807, 2.05) is 54.6 Å². The van der Waals surface area contributed by atoms with Gasteiger partial charge in [-0.1, -0.05) is 68.4 Å². The maximum absolute atomic E-state index is 12.8. The fourth-order valence-corrected chi connectivity index (χ4v) is 3.14. The number of hydrogen-bond donors (Lipinski definition) is 1. The molecule has 0 aromatic heterocycles. The Morgan fingerprint density at radius 2 is 1.78 bits per heavy atom. The SMILES string of the molecule is CCOC(=O)[C@H]1C(=O)NC(c2ccccc2)=N[C@H]1c1ccc(C(C)C)cc1. The minimum absolute atomic E-state index is 0.219. The number of nitrogens with one attached hydrogen (secondary N) is 1. The molecule has 3 rings (SSSR count). The minimum atomic E-state index is -0.998. The van der Waals surface area contributed by atoms with Gasteiger partial charge in [0.2, 0.25) is 5.91 Å². The Kier molecular flexibility index (Phi) is 5.69. The summed E-state index contributed by atoms with van der Waals surface area (Å²) in [6.07, 6.45) is 0. The topological polar surface area (TPSA) is 67.8 Å². The number of carbonyl (C=O) groups is 2. The molecule has 27 heavy (non-hydrogen) atoms. The molecular formula is C22H24N2O3. The van der Waals surface area contributed by atoms with Crippen molar-refractivity contribution in [1.29, 1.82) is 0 Å². The average molecular weight is 364 g/mol. The number of nitrogens with zero attached hydrogens (tertiary/aromatic N) is 1. The number of benzene rings is 2. The molecule has 0 saturated heterocycles. The van der Waals surface area contributed by atoms with E-state index in [1.54, 1.807) is 6.92 Å². The molecule has 0 saturated carbocycles. The summed E-state index contributed by atoms with van der Waals surface area (Å²) < 4.78 is 5.14. The molecule has 0 radical (unpaired) electrons. The van der Waals surface area contributed by atoms with Crippen molar-refractivity contribution in [3.8, 4) is 0 Å². The van der Waals surface area contributed by atoms with Crippen LogP contribution in [0.1, 0.15) is 49.4 Å². The smallest absolute Gasteiger partial charge is 0.321 e. The zero-order chi connectivity index (χ0) is 19.4. The molecule has 1 amide bonds. The van der Waals surface area contributed by atoms with E-state index >= 15 is 0 Å². The normalized spacial score (nSPS) is 19.4. The number of hydrogen-bond acceptors (Lipinski definition) is 4. The Balaban J connectivity index is 2.03. The number of ether oxygens (including phenoxy) is 1. The maximum Gasteiger partial charge on any atom is 0.321 e. The van der Waals surface area contributed by atoms with Crippen LogP contribution in [0.15, 0.2) is 59.6 Å². The van der Waals surface area contributed by atoms with E-state index in [0.717, 1.165) is 11.1 Å². The fourth-order valence-electron chi connectivity index (χ4n) is 3.14. The lowest BCUT2D eigenvalue weighted by atomic mass is 9.89. The summed E-state index contributed by atoms with van der Waals surface area (Å²) in [6.45, 7) is 6.19. The van der Waals surface area contributed by atoms with Gasteiger partial charge in [0.05, 0.1) is 12.6 Å². The summed E-state index contributed by atoms with van der Waals surface area (Å²) in [7, 11) is 0. The van der Waals surface area contributed by atoms with Gasteiger partial charge in [0, 0.05) is 5.56 Å². The molecule has 1 aliphatic heterocycles. The molecule has 0 bridgehead atoms. The molecule has 2 aromatic rings. The van der Waals surface area contributed by atoms with Crippen LogP contribution in [0.25, 0.3) is 0 Å². The summed E-state index contributed by atoms with van der Waals surface area (Å²) in [5, 5.41) is 2.76. The second-order valence-electron chi connectivity index (χ2n) is 6.83. The van der Waals surface area contributed by atoms with E-state index in [1.165, 1.54) is 5.56 Å². The van der Waals surface area contributed by atoms with Crippen molar-refractivity contribution in [3.05, 3.63) is 71.3 Å².